The first-order valence-electron chi connectivity index (χ1n) is 5.95. The van der Waals surface area contributed by atoms with E-state index in [1.54, 1.807) is 31.3 Å². The van der Waals surface area contributed by atoms with Gasteiger partial charge in [0, 0.05) is 37.5 Å². The molecule has 0 aliphatic rings. The first-order valence-corrected chi connectivity index (χ1v) is 7.15. The third kappa shape index (κ3) is 4.24. The predicted octanol–water partition coefficient (Wildman–Crippen LogP) is 2.95. The van der Waals surface area contributed by atoms with Gasteiger partial charge in [-0.15, -0.1) is 0 Å². The number of H-pyrrole nitrogens is 1. The minimum Gasteiger partial charge on any atom is -0.383 e. The van der Waals surface area contributed by atoms with Crippen LogP contribution >= 0.6 is 23.4 Å². The summed E-state index contributed by atoms with van der Waals surface area (Å²) in [6, 6.07) is 5.92. The van der Waals surface area contributed by atoms with Crippen LogP contribution in [0.3, 0.4) is 0 Å². The van der Waals surface area contributed by atoms with Crippen LogP contribution in [0.2, 0.25) is 5.02 Å². The van der Waals surface area contributed by atoms with Gasteiger partial charge in [-0.3, -0.25) is 0 Å². The van der Waals surface area contributed by atoms with E-state index in [0.29, 0.717) is 6.61 Å². The topological polar surface area (TPSA) is 49.9 Å². The van der Waals surface area contributed by atoms with Crippen molar-refractivity contribution in [2.24, 2.45) is 0 Å². The van der Waals surface area contributed by atoms with Crippen LogP contribution < -0.4 is 5.32 Å². The maximum atomic E-state index is 6.27. The fourth-order valence-corrected chi connectivity index (χ4v) is 2.79. The molecule has 6 heteroatoms. The van der Waals surface area contributed by atoms with Crippen LogP contribution in [-0.2, 0) is 11.3 Å². The van der Waals surface area contributed by atoms with Gasteiger partial charge in [-0.25, -0.2) is 4.98 Å². The Labute approximate surface area is 121 Å². The van der Waals surface area contributed by atoms with E-state index in [4.69, 9.17) is 16.3 Å². The van der Waals surface area contributed by atoms with Crippen molar-refractivity contribution < 1.29 is 4.74 Å². The molecule has 1 aromatic carbocycles. The molecule has 0 saturated heterocycles. The molecule has 0 aliphatic carbocycles. The Morgan fingerprint density at radius 2 is 2.37 bits per heavy atom. The fourth-order valence-electron chi connectivity index (χ4n) is 1.61. The summed E-state index contributed by atoms with van der Waals surface area (Å²) in [7, 11) is 1.69. The Balaban J connectivity index is 2.07. The number of rotatable bonds is 7. The fraction of sp³-hybridized carbons (Fsp3) is 0.308. The summed E-state index contributed by atoms with van der Waals surface area (Å²) in [4.78, 5) is 8.31. The molecule has 1 aromatic heterocycles. The molecule has 0 radical (unpaired) electrons. The van der Waals surface area contributed by atoms with Gasteiger partial charge in [0.1, 0.15) is 0 Å². The molecule has 1 heterocycles. The number of halogens is 1. The van der Waals surface area contributed by atoms with Crippen LogP contribution in [-0.4, -0.2) is 30.2 Å². The van der Waals surface area contributed by atoms with E-state index in [-0.39, 0.29) is 0 Å². The van der Waals surface area contributed by atoms with Crippen molar-refractivity contribution in [1.29, 1.82) is 0 Å². The van der Waals surface area contributed by atoms with E-state index in [1.807, 2.05) is 12.1 Å². The second kappa shape index (κ2) is 7.55. The molecule has 0 unspecified atom stereocenters. The van der Waals surface area contributed by atoms with E-state index in [0.717, 1.165) is 33.7 Å². The van der Waals surface area contributed by atoms with Crippen molar-refractivity contribution in [3.63, 3.8) is 0 Å². The molecule has 102 valence electrons. The van der Waals surface area contributed by atoms with Crippen LogP contribution in [0.25, 0.3) is 0 Å². The van der Waals surface area contributed by atoms with Gasteiger partial charge in [0.2, 0.25) is 0 Å². The lowest BCUT2D eigenvalue weighted by atomic mass is 10.2. The monoisotopic (exact) mass is 297 g/mol. The molecule has 4 nitrogen and oxygen atoms in total. The summed E-state index contributed by atoms with van der Waals surface area (Å²) in [5.41, 5.74) is 1.16. The number of aromatic nitrogens is 2. The largest absolute Gasteiger partial charge is 0.383 e. The van der Waals surface area contributed by atoms with Crippen molar-refractivity contribution in [3.8, 4) is 0 Å². The number of hydrogen-bond donors (Lipinski definition) is 2. The number of nitrogens with one attached hydrogen (secondary N) is 2. The van der Waals surface area contributed by atoms with Crippen LogP contribution in [0.5, 0.6) is 0 Å². The van der Waals surface area contributed by atoms with E-state index in [2.05, 4.69) is 21.4 Å². The number of ether oxygens (including phenoxy) is 1. The average Bonchev–Trinajstić information content (AvgIpc) is 2.91. The van der Waals surface area contributed by atoms with Crippen molar-refractivity contribution in [2.45, 2.75) is 16.6 Å². The average molecular weight is 298 g/mol. The molecule has 0 aliphatic heterocycles. The summed E-state index contributed by atoms with van der Waals surface area (Å²) in [5, 5.41) is 4.90. The maximum Gasteiger partial charge on any atom is 0.170 e. The number of aromatic amines is 1. The Morgan fingerprint density at radius 3 is 3.11 bits per heavy atom. The predicted molar refractivity (Wildman–Crippen MR) is 77.7 cm³/mol. The van der Waals surface area contributed by atoms with Crippen LogP contribution in [0.15, 0.2) is 40.6 Å². The van der Waals surface area contributed by atoms with E-state index >= 15 is 0 Å². The first kappa shape index (κ1) is 14.4. The Bertz CT molecular complexity index is 505. The van der Waals surface area contributed by atoms with Gasteiger partial charge in [0.15, 0.2) is 5.16 Å². The first-order chi connectivity index (χ1) is 9.31. The lowest BCUT2D eigenvalue weighted by molar-refractivity contribution is 0.199. The molecule has 0 bridgehead atoms. The van der Waals surface area contributed by atoms with Gasteiger partial charge in [0.25, 0.3) is 0 Å². The number of nitrogens with zero attached hydrogens (tertiary/aromatic N) is 1. The number of imidazole rings is 1. The molecule has 0 saturated carbocycles. The lowest BCUT2D eigenvalue weighted by Gasteiger charge is -2.10. The normalized spacial score (nSPS) is 10.8. The lowest BCUT2D eigenvalue weighted by Crippen LogP contribution is -2.18. The molecule has 19 heavy (non-hydrogen) atoms. The maximum absolute atomic E-state index is 6.27. The van der Waals surface area contributed by atoms with Gasteiger partial charge in [0.05, 0.1) is 11.6 Å². The van der Waals surface area contributed by atoms with Gasteiger partial charge in [-0.05, 0) is 23.4 Å². The summed E-state index contributed by atoms with van der Waals surface area (Å²) < 4.78 is 5.01. The number of hydrogen-bond acceptors (Lipinski definition) is 4. The highest BCUT2D eigenvalue weighted by atomic mass is 35.5. The van der Waals surface area contributed by atoms with E-state index < -0.39 is 0 Å². The summed E-state index contributed by atoms with van der Waals surface area (Å²) in [6.07, 6.45) is 3.53. The minimum absolute atomic E-state index is 0.696. The molecule has 2 N–H and O–H groups in total. The van der Waals surface area contributed by atoms with Crippen molar-refractivity contribution in [2.75, 3.05) is 20.3 Å². The molecule has 0 atom stereocenters. The van der Waals surface area contributed by atoms with Crippen LogP contribution in [0.1, 0.15) is 5.56 Å². The summed E-state index contributed by atoms with van der Waals surface area (Å²) in [5.74, 6) is 0. The molecule has 0 spiro atoms. The molecule has 0 fully saturated rings. The highest BCUT2D eigenvalue weighted by Crippen LogP contribution is 2.34. The molecule has 2 aromatic rings. The molecule has 2 rings (SSSR count). The van der Waals surface area contributed by atoms with E-state index in [9.17, 15) is 0 Å². The summed E-state index contributed by atoms with van der Waals surface area (Å²) >= 11 is 7.81. The molecular formula is C13H16ClN3OS. The standard InChI is InChI=1S/C13H16ClN3OS/c1-18-8-7-15-9-10-3-2-4-11(14)12(10)19-13-16-5-6-17-13/h2-6,15H,7-9H2,1H3,(H,16,17). The third-order valence-corrected chi connectivity index (χ3v) is 4.05. The van der Waals surface area contributed by atoms with Gasteiger partial charge in [-0.1, -0.05) is 23.7 Å². The van der Waals surface area contributed by atoms with Gasteiger partial charge >= 0.3 is 0 Å². The quantitative estimate of drug-likeness (QED) is 0.772. The van der Waals surface area contributed by atoms with Crippen molar-refractivity contribution in [3.05, 3.63) is 41.2 Å². The zero-order chi connectivity index (χ0) is 13.5. The van der Waals surface area contributed by atoms with Crippen LogP contribution in [0.4, 0.5) is 0 Å². The zero-order valence-corrected chi connectivity index (χ0v) is 12.2. The number of methoxy groups -OCH3 is 1. The smallest absolute Gasteiger partial charge is 0.170 e. The minimum atomic E-state index is 0.696. The Kier molecular flexibility index (Phi) is 5.72. The SMILES string of the molecule is COCCNCc1cccc(Cl)c1Sc1ncc[nH]1. The highest BCUT2D eigenvalue weighted by Gasteiger charge is 2.09. The number of benzene rings is 1. The Morgan fingerprint density at radius 1 is 1.47 bits per heavy atom. The second-order valence-corrected chi connectivity index (χ2v) is 5.30. The second-order valence-electron chi connectivity index (χ2n) is 3.89. The summed E-state index contributed by atoms with van der Waals surface area (Å²) in [6.45, 7) is 2.27. The highest BCUT2D eigenvalue weighted by molar-refractivity contribution is 7.99. The molecular weight excluding hydrogens is 282 g/mol. The van der Waals surface area contributed by atoms with Crippen molar-refractivity contribution in [1.82, 2.24) is 15.3 Å². The third-order valence-electron chi connectivity index (χ3n) is 2.52. The molecule has 0 amide bonds. The van der Waals surface area contributed by atoms with Crippen LogP contribution in [0, 0.1) is 0 Å². The van der Waals surface area contributed by atoms with Gasteiger partial charge < -0.3 is 15.0 Å². The van der Waals surface area contributed by atoms with Gasteiger partial charge in [-0.2, -0.15) is 0 Å². The zero-order valence-electron chi connectivity index (χ0n) is 10.6. The van der Waals surface area contributed by atoms with Crippen molar-refractivity contribution >= 4 is 23.4 Å². The van der Waals surface area contributed by atoms with E-state index in [1.165, 1.54) is 0 Å². The Hall–Kier alpha value is -1.01.